The van der Waals surface area contributed by atoms with Gasteiger partial charge in [0.1, 0.15) is 5.75 Å². The summed E-state index contributed by atoms with van der Waals surface area (Å²) in [4.78, 5) is 8.29. The Bertz CT molecular complexity index is 807. The molecule has 6 nitrogen and oxygen atoms in total. The van der Waals surface area contributed by atoms with Crippen LogP contribution >= 0.6 is 27.7 Å². The third kappa shape index (κ3) is 4.29. The molecule has 118 valence electrons. The second kappa shape index (κ2) is 7.10. The maximum absolute atomic E-state index is 5.74. The summed E-state index contributed by atoms with van der Waals surface area (Å²) in [6.45, 7) is 4.24. The van der Waals surface area contributed by atoms with Crippen molar-refractivity contribution >= 4 is 27.7 Å². The Morgan fingerprint density at radius 3 is 2.74 bits per heavy atom. The summed E-state index contributed by atoms with van der Waals surface area (Å²) in [5.41, 5.74) is 2.20. The molecular weight excluding hydrogens is 380 g/mol. The van der Waals surface area contributed by atoms with E-state index in [1.165, 1.54) is 11.8 Å². The van der Waals surface area contributed by atoms with Crippen LogP contribution in [0.3, 0.4) is 0 Å². The molecule has 0 radical (unpaired) electrons. The molecule has 0 saturated carbocycles. The molecule has 0 aliphatic heterocycles. The Morgan fingerprint density at radius 1 is 1.17 bits per heavy atom. The van der Waals surface area contributed by atoms with Gasteiger partial charge < -0.3 is 9.15 Å². The van der Waals surface area contributed by atoms with E-state index < -0.39 is 0 Å². The highest BCUT2D eigenvalue weighted by atomic mass is 79.9. The number of benzene rings is 1. The van der Waals surface area contributed by atoms with Gasteiger partial charge in [-0.1, -0.05) is 12.1 Å². The fraction of sp³-hybridized carbons (Fsp3) is 0.200. The van der Waals surface area contributed by atoms with Crippen LogP contribution in [0.5, 0.6) is 5.75 Å². The van der Waals surface area contributed by atoms with Crippen LogP contribution in [-0.4, -0.2) is 20.2 Å². The number of hydrogen-bond acceptors (Lipinski definition) is 7. The average Bonchev–Trinajstić information content (AvgIpc) is 2.98. The highest BCUT2D eigenvalue weighted by Crippen LogP contribution is 2.24. The predicted molar refractivity (Wildman–Crippen MR) is 88.4 cm³/mol. The van der Waals surface area contributed by atoms with Gasteiger partial charge in [-0.15, -0.1) is 10.2 Å². The molecule has 0 N–H and O–H groups in total. The topological polar surface area (TPSA) is 73.9 Å². The lowest BCUT2D eigenvalue weighted by Gasteiger charge is -2.07. The first-order valence-electron chi connectivity index (χ1n) is 6.78. The first-order chi connectivity index (χ1) is 11.1. The molecule has 0 amide bonds. The zero-order valence-corrected chi connectivity index (χ0v) is 14.9. The fourth-order valence-electron chi connectivity index (χ4n) is 1.77. The van der Waals surface area contributed by atoms with Gasteiger partial charge >= 0.3 is 0 Å². The molecule has 23 heavy (non-hydrogen) atoms. The summed E-state index contributed by atoms with van der Waals surface area (Å²) < 4.78 is 12.1. The van der Waals surface area contributed by atoms with E-state index in [2.05, 4.69) is 36.1 Å². The molecule has 0 aliphatic carbocycles. The van der Waals surface area contributed by atoms with Crippen molar-refractivity contribution in [2.45, 2.75) is 30.8 Å². The molecule has 0 spiro atoms. The van der Waals surface area contributed by atoms with E-state index in [1.807, 2.05) is 32.0 Å². The summed E-state index contributed by atoms with van der Waals surface area (Å²) >= 11 is 4.49. The molecule has 3 aromatic rings. The summed E-state index contributed by atoms with van der Waals surface area (Å²) in [6, 6.07) is 6.05. The van der Waals surface area contributed by atoms with E-state index in [0.29, 0.717) is 16.3 Å². The smallest absolute Gasteiger partial charge is 0.284 e. The van der Waals surface area contributed by atoms with Gasteiger partial charge in [-0.25, -0.2) is 9.97 Å². The molecule has 8 heteroatoms. The van der Waals surface area contributed by atoms with E-state index in [-0.39, 0.29) is 6.61 Å². The van der Waals surface area contributed by atoms with Gasteiger partial charge in [-0.05, 0) is 47.0 Å². The highest BCUT2D eigenvalue weighted by Gasteiger charge is 2.11. The minimum absolute atomic E-state index is 0.221. The second-order valence-electron chi connectivity index (χ2n) is 4.81. The molecule has 0 unspecified atom stereocenters. The van der Waals surface area contributed by atoms with Gasteiger partial charge in [-0.2, -0.15) is 0 Å². The van der Waals surface area contributed by atoms with E-state index in [4.69, 9.17) is 9.15 Å². The Morgan fingerprint density at radius 2 is 1.96 bits per heavy atom. The first kappa shape index (κ1) is 15.9. The average molecular weight is 393 g/mol. The number of aryl methyl sites for hydroxylation is 2. The molecule has 3 rings (SSSR count). The van der Waals surface area contributed by atoms with Crippen LogP contribution < -0.4 is 4.74 Å². The van der Waals surface area contributed by atoms with Gasteiger partial charge in [-0.3, -0.25) is 0 Å². The van der Waals surface area contributed by atoms with Crippen molar-refractivity contribution in [2.75, 3.05) is 0 Å². The largest absolute Gasteiger partial charge is 0.484 e. The van der Waals surface area contributed by atoms with Gasteiger partial charge in [0.05, 0.1) is 4.47 Å². The highest BCUT2D eigenvalue weighted by molar-refractivity contribution is 9.10. The van der Waals surface area contributed by atoms with Crippen molar-refractivity contribution in [3.8, 4) is 5.75 Å². The van der Waals surface area contributed by atoms with Crippen LogP contribution in [0.1, 0.15) is 17.0 Å². The summed E-state index contributed by atoms with van der Waals surface area (Å²) in [7, 11) is 0. The van der Waals surface area contributed by atoms with Crippen LogP contribution in [-0.2, 0) is 6.61 Å². The molecule has 0 saturated heterocycles. The van der Waals surface area contributed by atoms with Crippen molar-refractivity contribution in [1.29, 1.82) is 0 Å². The van der Waals surface area contributed by atoms with E-state index in [9.17, 15) is 0 Å². The Balaban J connectivity index is 1.63. The van der Waals surface area contributed by atoms with E-state index in [1.54, 1.807) is 12.4 Å². The third-order valence-corrected chi connectivity index (χ3v) is 4.06. The fourth-order valence-corrected chi connectivity index (χ4v) is 2.56. The standard InChI is InChI=1S/C15H13BrN4O2S/c1-9-3-4-10(2)12(5-9)21-8-13-19-20-15(22-13)23-14-17-6-11(16)7-18-14/h3-7H,8H2,1-2H3. The Kier molecular flexibility index (Phi) is 4.92. The zero-order chi connectivity index (χ0) is 16.2. The first-order valence-corrected chi connectivity index (χ1v) is 8.39. The van der Waals surface area contributed by atoms with Gasteiger partial charge in [0.25, 0.3) is 11.1 Å². The number of ether oxygens (including phenoxy) is 1. The lowest BCUT2D eigenvalue weighted by Crippen LogP contribution is -1.97. The van der Waals surface area contributed by atoms with Crippen molar-refractivity contribution in [2.24, 2.45) is 0 Å². The van der Waals surface area contributed by atoms with Crippen LogP contribution in [0.15, 0.2) is 49.9 Å². The number of nitrogens with zero attached hydrogens (tertiary/aromatic N) is 4. The quantitative estimate of drug-likeness (QED) is 0.608. The van der Waals surface area contributed by atoms with Crippen molar-refractivity contribution in [3.63, 3.8) is 0 Å². The number of hydrogen-bond donors (Lipinski definition) is 0. The van der Waals surface area contributed by atoms with Crippen LogP contribution in [0.25, 0.3) is 0 Å². The molecule has 0 atom stereocenters. The Labute approximate surface area is 145 Å². The van der Waals surface area contributed by atoms with Gasteiger partial charge in [0.15, 0.2) is 11.8 Å². The summed E-state index contributed by atoms with van der Waals surface area (Å²) in [6.07, 6.45) is 3.33. The molecule has 0 fully saturated rings. The zero-order valence-electron chi connectivity index (χ0n) is 12.5. The molecule has 0 aliphatic rings. The van der Waals surface area contributed by atoms with Crippen molar-refractivity contribution < 1.29 is 9.15 Å². The molecule has 2 heterocycles. The lowest BCUT2D eigenvalue weighted by molar-refractivity contribution is 0.250. The lowest BCUT2D eigenvalue weighted by atomic mass is 10.1. The van der Waals surface area contributed by atoms with Crippen LogP contribution in [0.2, 0.25) is 0 Å². The van der Waals surface area contributed by atoms with Crippen LogP contribution in [0.4, 0.5) is 0 Å². The minimum Gasteiger partial charge on any atom is -0.484 e. The normalized spacial score (nSPS) is 10.7. The third-order valence-electron chi connectivity index (χ3n) is 2.92. The van der Waals surface area contributed by atoms with Gasteiger partial charge in [0.2, 0.25) is 0 Å². The van der Waals surface area contributed by atoms with Crippen molar-refractivity contribution in [3.05, 3.63) is 52.1 Å². The van der Waals surface area contributed by atoms with E-state index in [0.717, 1.165) is 21.3 Å². The predicted octanol–water partition coefficient (Wildman–Crippen LogP) is 3.97. The van der Waals surface area contributed by atoms with Crippen molar-refractivity contribution in [1.82, 2.24) is 20.2 Å². The molecular formula is C15H13BrN4O2S. The van der Waals surface area contributed by atoms with E-state index >= 15 is 0 Å². The number of rotatable bonds is 5. The SMILES string of the molecule is Cc1ccc(C)c(OCc2nnc(Sc3ncc(Br)cn3)o2)c1. The minimum atomic E-state index is 0.221. The summed E-state index contributed by atoms with van der Waals surface area (Å²) in [5, 5.41) is 8.85. The second-order valence-corrected chi connectivity index (χ2v) is 6.64. The monoisotopic (exact) mass is 392 g/mol. The number of halogens is 1. The maximum Gasteiger partial charge on any atom is 0.284 e. The van der Waals surface area contributed by atoms with Gasteiger partial charge in [0, 0.05) is 24.2 Å². The number of aromatic nitrogens is 4. The molecule has 0 bridgehead atoms. The Hall–Kier alpha value is -1.93. The molecule has 2 aromatic heterocycles. The summed E-state index contributed by atoms with van der Waals surface area (Å²) in [5.74, 6) is 1.22. The van der Waals surface area contributed by atoms with Crippen LogP contribution in [0, 0.1) is 13.8 Å². The molecule has 1 aromatic carbocycles. The maximum atomic E-state index is 5.74.